The van der Waals surface area contributed by atoms with Crippen LogP contribution in [0.25, 0.3) is 0 Å². The van der Waals surface area contributed by atoms with Crippen LogP contribution in [0.4, 0.5) is 0 Å². The van der Waals surface area contributed by atoms with E-state index in [0.29, 0.717) is 5.92 Å². The summed E-state index contributed by atoms with van der Waals surface area (Å²) in [7, 11) is 1.49. The number of nitrogens with zero attached hydrogens (tertiary/aromatic N) is 1. The molecule has 2 aliphatic rings. The van der Waals surface area contributed by atoms with Crippen LogP contribution in [0.15, 0.2) is 88.5 Å². The average molecular weight is 576 g/mol. The molecule has 0 radical (unpaired) electrons. The van der Waals surface area contributed by atoms with Crippen LogP contribution in [0.1, 0.15) is 37.7 Å². The maximum atomic E-state index is 12.0. The molecule has 1 aliphatic carbocycles. The second-order valence-electron chi connectivity index (χ2n) is 8.61. The Morgan fingerprint density at radius 1 is 1.18 bits per heavy atom. The number of halogens is 1. The van der Waals surface area contributed by atoms with Crippen LogP contribution in [0.3, 0.4) is 0 Å². The van der Waals surface area contributed by atoms with Gasteiger partial charge < -0.3 is 9.64 Å². The molecule has 0 bridgehead atoms. The second-order valence-corrected chi connectivity index (χ2v) is 10.9. The summed E-state index contributed by atoms with van der Waals surface area (Å²) in [6.45, 7) is 7.54. The standard InChI is InChI=1S/C28H34INO2S/c1-21-7-4-5-8-27(21)33-22(2)19-26(24-9-11-25(12-10-24)28(31)32-3)20-23-13-17-30(18-14-23)16-6-15-29/h4-5,7-8,13-14,17-20,24-25H,2,6,9-12,15-16H2,1,3H3/b26-19-. The molecule has 1 aromatic carbocycles. The largest absolute Gasteiger partial charge is 0.469 e. The van der Waals surface area contributed by atoms with Gasteiger partial charge in [0.1, 0.15) is 0 Å². The molecule has 3 rings (SSSR count). The Morgan fingerprint density at radius 3 is 2.48 bits per heavy atom. The van der Waals surface area contributed by atoms with Crippen molar-refractivity contribution in [1.29, 1.82) is 0 Å². The summed E-state index contributed by atoms with van der Waals surface area (Å²) in [6.07, 6.45) is 18.2. The lowest BCUT2D eigenvalue weighted by Crippen LogP contribution is -2.23. The summed E-state index contributed by atoms with van der Waals surface area (Å²) in [5.74, 6) is 0.388. The highest BCUT2D eigenvalue weighted by Gasteiger charge is 2.28. The van der Waals surface area contributed by atoms with Crippen molar-refractivity contribution in [2.75, 3.05) is 18.1 Å². The summed E-state index contributed by atoms with van der Waals surface area (Å²) >= 11 is 4.15. The first-order valence-corrected chi connectivity index (χ1v) is 14.0. The van der Waals surface area contributed by atoms with Gasteiger partial charge >= 0.3 is 5.97 Å². The summed E-state index contributed by atoms with van der Waals surface area (Å²) < 4.78 is 6.15. The van der Waals surface area contributed by atoms with E-state index in [4.69, 9.17) is 4.74 Å². The van der Waals surface area contributed by atoms with Crippen LogP contribution in [-0.2, 0) is 9.53 Å². The van der Waals surface area contributed by atoms with E-state index in [1.165, 1.54) is 39.6 Å². The van der Waals surface area contributed by atoms with Crippen LogP contribution in [-0.4, -0.2) is 29.0 Å². The Labute approximate surface area is 216 Å². The van der Waals surface area contributed by atoms with E-state index < -0.39 is 0 Å². The van der Waals surface area contributed by atoms with Crippen molar-refractivity contribution in [3.8, 4) is 0 Å². The number of allylic oxidation sites excluding steroid dienone is 6. The maximum absolute atomic E-state index is 12.0. The summed E-state index contributed by atoms with van der Waals surface area (Å²) in [4.78, 5) is 16.5. The van der Waals surface area contributed by atoms with Gasteiger partial charge in [0.2, 0.25) is 0 Å². The fourth-order valence-corrected chi connectivity index (χ4v) is 5.48. The predicted octanol–water partition coefficient (Wildman–Crippen LogP) is 7.60. The fraction of sp³-hybridized carbons (Fsp3) is 0.393. The zero-order valence-corrected chi connectivity index (χ0v) is 22.6. The summed E-state index contributed by atoms with van der Waals surface area (Å²) in [5, 5.41) is 0. The third-order valence-corrected chi connectivity index (χ3v) is 8.02. The van der Waals surface area contributed by atoms with E-state index in [-0.39, 0.29) is 11.9 Å². The van der Waals surface area contributed by atoms with Crippen molar-refractivity contribution in [3.05, 3.63) is 89.2 Å². The number of alkyl halides is 1. The number of hydrogen-bond acceptors (Lipinski definition) is 4. The Morgan fingerprint density at radius 2 is 1.85 bits per heavy atom. The number of carbonyl (C=O) groups is 1. The number of rotatable bonds is 9. The molecule has 5 heteroatoms. The molecule has 1 heterocycles. The molecular weight excluding hydrogens is 541 g/mol. The van der Waals surface area contributed by atoms with Crippen molar-refractivity contribution in [1.82, 2.24) is 4.90 Å². The third-order valence-electron chi connectivity index (χ3n) is 6.20. The second kappa shape index (κ2) is 13.2. The minimum atomic E-state index is -0.0680. The van der Waals surface area contributed by atoms with Gasteiger partial charge in [-0.2, -0.15) is 0 Å². The van der Waals surface area contributed by atoms with Gasteiger partial charge in [-0.15, -0.1) is 0 Å². The van der Waals surface area contributed by atoms with E-state index in [0.717, 1.165) is 37.1 Å². The smallest absolute Gasteiger partial charge is 0.308 e. The third kappa shape index (κ3) is 7.92. The minimum absolute atomic E-state index is 0.0330. The van der Waals surface area contributed by atoms with E-state index in [9.17, 15) is 4.79 Å². The minimum Gasteiger partial charge on any atom is -0.469 e. The van der Waals surface area contributed by atoms with Crippen molar-refractivity contribution in [2.24, 2.45) is 11.8 Å². The molecule has 1 fully saturated rings. The van der Waals surface area contributed by atoms with Crippen molar-refractivity contribution in [2.45, 2.75) is 43.9 Å². The van der Waals surface area contributed by atoms with E-state index in [1.54, 1.807) is 11.8 Å². The van der Waals surface area contributed by atoms with E-state index >= 15 is 0 Å². The fourth-order valence-electron chi connectivity index (χ4n) is 4.28. The zero-order chi connectivity index (χ0) is 23.6. The average Bonchev–Trinajstić information content (AvgIpc) is 2.84. The predicted molar refractivity (Wildman–Crippen MR) is 148 cm³/mol. The number of benzene rings is 1. The van der Waals surface area contributed by atoms with Crippen LogP contribution in [0.2, 0.25) is 0 Å². The number of thioether (sulfide) groups is 1. The summed E-state index contributed by atoms with van der Waals surface area (Å²) in [6, 6.07) is 8.43. The van der Waals surface area contributed by atoms with Gasteiger partial charge in [0, 0.05) is 33.2 Å². The number of methoxy groups -OCH3 is 1. The maximum Gasteiger partial charge on any atom is 0.308 e. The molecule has 0 unspecified atom stereocenters. The van der Waals surface area contributed by atoms with Gasteiger partial charge in [-0.1, -0.05) is 65.2 Å². The molecule has 3 nitrogen and oxygen atoms in total. The van der Waals surface area contributed by atoms with Crippen LogP contribution >= 0.6 is 34.4 Å². The molecule has 0 aromatic heterocycles. The van der Waals surface area contributed by atoms with Crippen molar-refractivity contribution < 1.29 is 9.53 Å². The lowest BCUT2D eigenvalue weighted by Gasteiger charge is -2.28. The normalized spacial score (nSPS) is 20.6. The number of aryl methyl sites for hydroxylation is 1. The number of carbonyl (C=O) groups excluding carboxylic acids is 1. The molecule has 1 saturated carbocycles. The molecule has 176 valence electrons. The quantitative estimate of drug-likeness (QED) is 0.0998. The molecule has 0 N–H and O–H groups in total. The van der Waals surface area contributed by atoms with Crippen LogP contribution in [0, 0.1) is 18.8 Å². The molecule has 1 aromatic rings. The highest BCUT2D eigenvalue weighted by Crippen LogP contribution is 2.37. The summed E-state index contributed by atoms with van der Waals surface area (Å²) in [5.41, 5.74) is 3.77. The highest BCUT2D eigenvalue weighted by molar-refractivity contribution is 14.1. The SMILES string of the molecule is C=C(/C=C(/C=C1C=CN(CCCI)C=C1)C1CCC(C(=O)OC)CC1)Sc1ccccc1C. The Balaban J connectivity index is 1.77. The topological polar surface area (TPSA) is 29.5 Å². The first kappa shape index (κ1) is 25.9. The molecule has 0 amide bonds. The Bertz CT molecular complexity index is 938. The molecule has 0 atom stereocenters. The molecular formula is C28H34INO2S. The Hall–Kier alpha value is -1.73. The van der Waals surface area contributed by atoms with Crippen LogP contribution in [0.5, 0.6) is 0 Å². The van der Waals surface area contributed by atoms with Crippen LogP contribution < -0.4 is 0 Å². The first-order chi connectivity index (χ1) is 16.0. The van der Waals surface area contributed by atoms with Gasteiger partial charge in [0.15, 0.2) is 0 Å². The van der Waals surface area contributed by atoms with E-state index in [1.807, 2.05) is 0 Å². The van der Waals surface area contributed by atoms with E-state index in [2.05, 4.69) is 102 Å². The van der Waals surface area contributed by atoms with Gasteiger partial charge in [0.25, 0.3) is 0 Å². The number of ether oxygens (including phenoxy) is 1. The lowest BCUT2D eigenvalue weighted by molar-refractivity contribution is -0.146. The van der Waals surface area contributed by atoms with Gasteiger partial charge in [0.05, 0.1) is 13.0 Å². The highest BCUT2D eigenvalue weighted by atomic mass is 127. The Kier molecular flexibility index (Phi) is 10.4. The van der Waals surface area contributed by atoms with Gasteiger partial charge in [-0.25, -0.2) is 0 Å². The van der Waals surface area contributed by atoms with Gasteiger partial charge in [-0.05, 0) is 85.9 Å². The first-order valence-electron chi connectivity index (χ1n) is 11.6. The molecule has 0 spiro atoms. The molecule has 0 saturated heterocycles. The van der Waals surface area contributed by atoms with Crippen molar-refractivity contribution in [3.63, 3.8) is 0 Å². The molecule has 33 heavy (non-hydrogen) atoms. The zero-order valence-electron chi connectivity index (χ0n) is 19.6. The lowest BCUT2D eigenvalue weighted by atomic mass is 9.78. The molecule has 1 aliphatic heterocycles. The van der Waals surface area contributed by atoms with Gasteiger partial charge in [-0.3, -0.25) is 4.79 Å². The monoisotopic (exact) mass is 575 g/mol. The van der Waals surface area contributed by atoms with Crippen molar-refractivity contribution >= 4 is 40.3 Å². The number of hydrogen-bond donors (Lipinski definition) is 0. The number of esters is 1.